The fourth-order valence-electron chi connectivity index (χ4n) is 1.62. The summed E-state index contributed by atoms with van der Waals surface area (Å²) in [7, 11) is 0. The number of nitrogens with zero attached hydrogens (tertiary/aromatic N) is 1. The first-order chi connectivity index (χ1) is 11.0. The molecule has 2 aromatic rings. The van der Waals surface area contributed by atoms with Crippen LogP contribution in [0.5, 0.6) is 0 Å². The van der Waals surface area contributed by atoms with E-state index < -0.39 is 0 Å². The molecule has 0 aliphatic rings. The van der Waals surface area contributed by atoms with Crippen LogP contribution < -0.4 is 5.43 Å². The van der Waals surface area contributed by atoms with E-state index in [9.17, 15) is 4.79 Å². The summed E-state index contributed by atoms with van der Waals surface area (Å²) in [5.41, 5.74) is 3.25. The van der Waals surface area contributed by atoms with Gasteiger partial charge in [0.2, 0.25) is 0 Å². The summed E-state index contributed by atoms with van der Waals surface area (Å²) < 4.78 is 0. The van der Waals surface area contributed by atoms with E-state index in [0.717, 1.165) is 10.5 Å². The van der Waals surface area contributed by atoms with Gasteiger partial charge in [0.1, 0.15) is 0 Å². The number of benzene rings is 2. The second kappa shape index (κ2) is 8.60. The SMILES string of the molecule is C[C@H](Sc1ccc(Cl)cc1)C(=O)N/N=C\c1ccc(Cl)c(Cl)c1. The summed E-state index contributed by atoms with van der Waals surface area (Å²) >= 11 is 19.0. The molecule has 0 bridgehead atoms. The molecule has 1 atom stereocenters. The standard InChI is InChI=1S/C16H13Cl3N2OS/c1-10(23-13-5-3-12(17)4-6-13)16(22)21-20-9-11-2-7-14(18)15(19)8-11/h2-10H,1H3,(H,21,22)/b20-9-/t10-/m0/s1. The van der Waals surface area contributed by atoms with Gasteiger partial charge in [0, 0.05) is 9.92 Å². The molecule has 3 nitrogen and oxygen atoms in total. The first-order valence-electron chi connectivity index (χ1n) is 6.66. The maximum Gasteiger partial charge on any atom is 0.253 e. The van der Waals surface area contributed by atoms with Crippen LogP contribution in [0.4, 0.5) is 0 Å². The Balaban J connectivity index is 1.89. The number of hydrogen-bond acceptors (Lipinski definition) is 3. The molecule has 0 aliphatic carbocycles. The zero-order valence-corrected chi connectivity index (χ0v) is 15.2. The molecule has 0 heterocycles. The molecule has 0 aromatic heterocycles. The van der Waals surface area contributed by atoms with E-state index in [0.29, 0.717) is 15.1 Å². The summed E-state index contributed by atoms with van der Waals surface area (Å²) in [6.07, 6.45) is 1.51. The topological polar surface area (TPSA) is 41.5 Å². The smallest absolute Gasteiger partial charge is 0.253 e. The highest BCUT2D eigenvalue weighted by molar-refractivity contribution is 8.00. The van der Waals surface area contributed by atoms with Crippen molar-refractivity contribution in [2.75, 3.05) is 0 Å². The molecule has 0 saturated carbocycles. The van der Waals surface area contributed by atoms with E-state index in [1.54, 1.807) is 30.3 Å². The Labute approximate surface area is 154 Å². The fourth-order valence-corrected chi connectivity index (χ4v) is 2.92. The lowest BCUT2D eigenvalue weighted by atomic mass is 10.2. The Hall–Kier alpha value is -1.20. The second-order valence-corrected chi connectivity index (χ2v) is 7.29. The van der Waals surface area contributed by atoms with Gasteiger partial charge in [-0.05, 0) is 48.9 Å². The first kappa shape index (κ1) is 18.1. The molecule has 0 radical (unpaired) electrons. The zero-order chi connectivity index (χ0) is 16.8. The average Bonchev–Trinajstić information content (AvgIpc) is 2.53. The third-order valence-corrected chi connectivity index (χ3v) is 4.93. The van der Waals surface area contributed by atoms with Crippen molar-refractivity contribution in [1.29, 1.82) is 0 Å². The molecule has 2 aromatic carbocycles. The van der Waals surface area contributed by atoms with Gasteiger partial charge in [0.05, 0.1) is 21.5 Å². The van der Waals surface area contributed by atoms with Gasteiger partial charge in [-0.3, -0.25) is 4.79 Å². The quantitative estimate of drug-likeness (QED) is 0.431. The van der Waals surface area contributed by atoms with Gasteiger partial charge in [-0.2, -0.15) is 5.10 Å². The van der Waals surface area contributed by atoms with E-state index >= 15 is 0 Å². The summed E-state index contributed by atoms with van der Waals surface area (Å²) in [6, 6.07) is 12.4. The predicted octanol–water partition coefficient (Wildman–Crippen LogP) is 5.28. The van der Waals surface area contributed by atoms with Crippen LogP contribution in [0.3, 0.4) is 0 Å². The molecule has 0 saturated heterocycles. The highest BCUT2D eigenvalue weighted by atomic mass is 35.5. The van der Waals surface area contributed by atoms with Crippen molar-refractivity contribution in [2.45, 2.75) is 17.1 Å². The third kappa shape index (κ3) is 5.74. The minimum atomic E-state index is -0.290. The summed E-state index contributed by atoms with van der Waals surface area (Å²) in [6.45, 7) is 1.81. The first-order valence-corrected chi connectivity index (χ1v) is 8.67. The van der Waals surface area contributed by atoms with Gasteiger partial charge in [0.15, 0.2) is 0 Å². The van der Waals surface area contributed by atoms with Gasteiger partial charge < -0.3 is 0 Å². The van der Waals surface area contributed by atoms with Crippen LogP contribution in [0.25, 0.3) is 0 Å². The summed E-state index contributed by atoms with van der Waals surface area (Å²) in [4.78, 5) is 13.0. The van der Waals surface area contributed by atoms with Crippen molar-refractivity contribution < 1.29 is 4.79 Å². The number of hydrogen-bond donors (Lipinski definition) is 1. The Morgan fingerprint density at radius 2 is 1.83 bits per heavy atom. The van der Waals surface area contributed by atoms with E-state index in [2.05, 4.69) is 10.5 Å². The number of nitrogens with one attached hydrogen (secondary N) is 1. The highest BCUT2D eigenvalue weighted by Gasteiger charge is 2.13. The van der Waals surface area contributed by atoms with Gasteiger partial charge in [-0.1, -0.05) is 40.9 Å². The van der Waals surface area contributed by atoms with Crippen LogP contribution in [0.15, 0.2) is 52.5 Å². The molecule has 0 aliphatic heterocycles. The van der Waals surface area contributed by atoms with Crippen molar-refractivity contribution in [3.63, 3.8) is 0 Å². The number of carbonyl (C=O) groups is 1. The van der Waals surface area contributed by atoms with Gasteiger partial charge in [-0.25, -0.2) is 5.43 Å². The van der Waals surface area contributed by atoms with Crippen molar-refractivity contribution in [1.82, 2.24) is 5.43 Å². The number of halogens is 3. The molecular weight excluding hydrogens is 375 g/mol. The number of amides is 1. The molecule has 2 rings (SSSR count). The number of carbonyl (C=O) groups excluding carboxylic acids is 1. The van der Waals surface area contributed by atoms with Crippen molar-refractivity contribution >= 4 is 58.7 Å². The lowest BCUT2D eigenvalue weighted by Gasteiger charge is -2.09. The van der Waals surface area contributed by atoms with Crippen LogP contribution in [0.2, 0.25) is 15.1 Å². The van der Waals surface area contributed by atoms with E-state index in [1.165, 1.54) is 18.0 Å². The minimum Gasteiger partial charge on any atom is -0.272 e. The molecular formula is C16H13Cl3N2OS. The Morgan fingerprint density at radius 1 is 1.13 bits per heavy atom. The van der Waals surface area contributed by atoms with Crippen LogP contribution in [-0.4, -0.2) is 17.4 Å². The summed E-state index contributed by atoms with van der Waals surface area (Å²) in [5, 5.41) is 5.21. The second-order valence-electron chi connectivity index (χ2n) is 4.62. The number of hydrazone groups is 1. The Bertz CT molecular complexity index is 720. The molecule has 120 valence electrons. The Morgan fingerprint density at radius 3 is 2.48 bits per heavy atom. The highest BCUT2D eigenvalue weighted by Crippen LogP contribution is 2.25. The van der Waals surface area contributed by atoms with Crippen LogP contribution in [0, 0.1) is 0 Å². The molecule has 0 fully saturated rings. The van der Waals surface area contributed by atoms with Crippen molar-refractivity contribution in [3.8, 4) is 0 Å². The lowest BCUT2D eigenvalue weighted by Crippen LogP contribution is -2.26. The number of thioether (sulfide) groups is 1. The van der Waals surface area contributed by atoms with Crippen LogP contribution in [0.1, 0.15) is 12.5 Å². The zero-order valence-electron chi connectivity index (χ0n) is 12.1. The minimum absolute atomic E-state index is 0.193. The van der Waals surface area contributed by atoms with Gasteiger partial charge in [-0.15, -0.1) is 11.8 Å². The normalized spacial score (nSPS) is 12.3. The fraction of sp³-hybridized carbons (Fsp3) is 0.125. The molecule has 0 unspecified atom stereocenters. The molecule has 1 N–H and O–H groups in total. The average molecular weight is 388 g/mol. The molecule has 23 heavy (non-hydrogen) atoms. The largest absolute Gasteiger partial charge is 0.272 e. The van der Waals surface area contributed by atoms with E-state index in [-0.39, 0.29) is 11.2 Å². The number of rotatable bonds is 5. The van der Waals surface area contributed by atoms with Crippen LogP contribution >= 0.6 is 46.6 Å². The van der Waals surface area contributed by atoms with E-state index in [1.807, 2.05) is 19.1 Å². The molecule has 1 amide bonds. The van der Waals surface area contributed by atoms with Crippen molar-refractivity contribution in [3.05, 3.63) is 63.1 Å². The molecule has 7 heteroatoms. The van der Waals surface area contributed by atoms with Crippen molar-refractivity contribution in [2.24, 2.45) is 5.10 Å². The summed E-state index contributed by atoms with van der Waals surface area (Å²) in [5.74, 6) is -0.193. The maximum absolute atomic E-state index is 12.0. The third-order valence-electron chi connectivity index (χ3n) is 2.83. The van der Waals surface area contributed by atoms with Gasteiger partial charge >= 0.3 is 0 Å². The molecule has 0 spiro atoms. The van der Waals surface area contributed by atoms with E-state index in [4.69, 9.17) is 34.8 Å². The Kier molecular flexibility index (Phi) is 6.78. The maximum atomic E-state index is 12.0. The van der Waals surface area contributed by atoms with Crippen LogP contribution in [-0.2, 0) is 4.79 Å². The van der Waals surface area contributed by atoms with Gasteiger partial charge in [0.25, 0.3) is 5.91 Å². The predicted molar refractivity (Wildman–Crippen MR) is 99.0 cm³/mol. The monoisotopic (exact) mass is 386 g/mol. The lowest BCUT2D eigenvalue weighted by molar-refractivity contribution is -0.120.